The van der Waals surface area contributed by atoms with Gasteiger partial charge in [0.25, 0.3) is 5.69 Å². The molecule has 0 unspecified atom stereocenters. The number of nitro groups is 1. The summed E-state index contributed by atoms with van der Waals surface area (Å²) in [5.74, 6) is -1.09. The monoisotopic (exact) mass is 293 g/mol. The van der Waals surface area contributed by atoms with Crippen molar-refractivity contribution < 1.29 is 14.8 Å². The first kappa shape index (κ1) is 14.1. The summed E-state index contributed by atoms with van der Waals surface area (Å²) < 4.78 is 1.40. The van der Waals surface area contributed by atoms with Gasteiger partial charge < -0.3 is 5.11 Å². The minimum absolute atomic E-state index is 0.0761. The molecule has 0 atom stereocenters. The molecular formula is C12H11N3O4S. The maximum Gasteiger partial charge on any atom is 0.313 e. The van der Waals surface area contributed by atoms with Crippen molar-refractivity contribution in [1.29, 1.82) is 0 Å². The molecule has 0 amide bonds. The van der Waals surface area contributed by atoms with Crippen molar-refractivity contribution in [3.63, 3.8) is 0 Å². The SMILES string of the molecule is Cc1cc(SCC(=O)O)n(-c2ccccc2[N+](=O)[O-])n1. The van der Waals surface area contributed by atoms with Crippen LogP contribution in [0, 0.1) is 17.0 Å². The zero-order valence-electron chi connectivity index (χ0n) is 10.5. The van der Waals surface area contributed by atoms with E-state index in [0.717, 1.165) is 11.8 Å². The molecule has 0 aliphatic heterocycles. The molecule has 1 aromatic carbocycles. The van der Waals surface area contributed by atoms with Crippen LogP contribution >= 0.6 is 11.8 Å². The molecule has 20 heavy (non-hydrogen) atoms. The molecule has 0 saturated carbocycles. The van der Waals surface area contributed by atoms with Crippen LogP contribution in [0.15, 0.2) is 35.4 Å². The minimum Gasteiger partial charge on any atom is -0.481 e. The van der Waals surface area contributed by atoms with Crippen LogP contribution in [-0.2, 0) is 4.79 Å². The molecule has 0 spiro atoms. The first-order valence-corrected chi connectivity index (χ1v) is 6.62. The van der Waals surface area contributed by atoms with Crippen molar-refractivity contribution in [2.45, 2.75) is 11.9 Å². The maximum atomic E-state index is 11.0. The van der Waals surface area contributed by atoms with Crippen molar-refractivity contribution in [3.8, 4) is 5.69 Å². The van der Waals surface area contributed by atoms with Gasteiger partial charge in [0, 0.05) is 6.07 Å². The topological polar surface area (TPSA) is 98.3 Å². The molecule has 1 N–H and O–H groups in total. The zero-order chi connectivity index (χ0) is 14.7. The number of aliphatic carboxylic acids is 1. The Hall–Kier alpha value is -2.35. The highest BCUT2D eigenvalue weighted by Gasteiger charge is 2.18. The molecule has 2 aromatic rings. The van der Waals surface area contributed by atoms with E-state index in [2.05, 4.69) is 5.10 Å². The fourth-order valence-corrected chi connectivity index (χ4v) is 2.47. The Morgan fingerprint density at radius 2 is 2.20 bits per heavy atom. The van der Waals surface area contributed by atoms with E-state index in [0.29, 0.717) is 16.4 Å². The predicted molar refractivity (Wildman–Crippen MR) is 73.3 cm³/mol. The summed E-state index contributed by atoms with van der Waals surface area (Å²) in [6, 6.07) is 7.91. The number of thioether (sulfide) groups is 1. The Kier molecular flexibility index (Phi) is 4.04. The number of rotatable bonds is 5. The van der Waals surface area contributed by atoms with Gasteiger partial charge in [0.15, 0.2) is 0 Å². The largest absolute Gasteiger partial charge is 0.481 e. The molecule has 7 nitrogen and oxygen atoms in total. The lowest BCUT2D eigenvalue weighted by atomic mass is 10.3. The number of carbonyl (C=O) groups is 1. The van der Waals surface area contributed by atoms with Gasteiger partial charge in [-0.1, -0.05) is 23.9 Å². The standard InChI is InChI=1S/C12H11N3O4S/c1-8-6-11(20-7-12(16)17)14(13-8)9-4-2-3-5-10(9)15(18)19/h2-6H,7H2,1H3,(H,16,17). The van der Waals surface area contributed by atoms with Gasteiger partial charge >= 0.3 is 5.97 Å². The molecule has 1 heterocycles. The fourth-order valence-electron chi connectivity index (χ4n) is 1.68. The molecule has 0 fully saturated rings. The lowest BCUT2D eigenvalue weighted by Gasteiger charge is -2.06. The highest BCUT2D eigenvalue weighted by atomic mass is 32.2. The Balaban J connectivity index is 2.47. The number of nitro benzene ring substituents is 1. The van der Waals surface area contributed by atoms with Crippen molar-refractivity contribution >= 4 is 23.4 Å². The highest BCUT2D eigenvalue weighted by Crippen LogP contribution is 2.28. The van der Waals surface area contributed by atoms with E-state index < -0.39 is 10.9 Å². The number of para-hydroxylation sites is 2. The van der Waals surface area contributed by atoms with Gasteiger partial charge in [-0.05, 0) is 19.1 Å². The van der Waals surface area contributed by atoms with E-state index >= 15 is 0 Å². The summed E-state index contributed by atoms with van der Waals surface area (Å²) in [7, 11) is 0. The van der Waals surface area contributed by atoms with Crippen LogP contribution < -0.4 is 0 Å². The van der Waals surface area contributed by atoms with Crippen LogP contribution in [0.25, 0.3) is 5.69 Å². The second-order valence-corrected chi connectivity index (χ2v) is 4.96. The van der Waals surface area contributed by atoms with E-state index in [4.69, 9.17) is 5.11 Å². The molecule has 0 saturated heterocycles. The number of benzene rings is 1. The van der Waals surface area contributed by atoms with Gasteiger partial charge in [0.2, 0.25) is 0 Å². The smallest absolute Gasteiger partial charge is 0.313 e. The lowest BCUT2D eigenvalue weighted by molar-refractivity contribution is -0.384. The Labute approximate surface area is 118 Å². The number of carboxylic acids is 1. The maximum absolute atomic E-state index is 11.0. The van der Waals surface area contributed by atoms with E-state index in [9.17, 15) is 14.9 Å². The summed E-state index contributed by atoms with van der Waals surface area (Å²) in [5.41, 5.74) is 0.905. The Morgan fingerprint density at radius 3 is 2.85 bits per heavy atom. The van der Waals surface area contributed by atoms with E-state index in [1.54, 1.807) is 31.2 Å². The number of hydrogen-bond donors (Lipinski definition) is 1. The number of carboxylic acid groups (broad SMARTS) is 1. The van der Waals surface area contributed by atoms with Crippen molar-refractivity contribution in [2.75, 3.05) is 5.75 Å². The average molecular weight is 293 g/mol. The van der Waals surface area contributed by atoms with E-state index in [1.807, 2.05) is 0 Å². The Morgan fingerprint density at radius 1 is 1.50 bits per heavy atom. The summed E-state index contributed by atoms with van der Waals surface area (Å²) in [6.45, 7) is 1.75. The van der Waals surface area contributed by atoms with Crippen molar-refractivity contribution in [3.05, 3.63) is 46.1 Å². The fraction of sp³-hybridized carbons (Fsp3) is 0.167. The first-order valence-electron chi connectivity index (χ1n) is 5.64. The van der Waals surface area contributed by atoms with Gasteiger partial charge in [-0.2, -0.15) is 5.10 Å². The summed E-state index contributed by atoms with van der Waals surface area (Å²) in [4.78, 5) is 21.2. The highest BCUT2D eigenvalue weighted by molar-refractivity contribution is 7.99. The van der Waals surface area contributed by atoms with Gasteiger partial charge in [-0.25, -0.2) is 4.68 Å². The molecule has 104 valence electrons. The average Bonchev–Trinajstić information content (AvgIpc) is 2.77. The van der Waals surface area contributed by atoms with Crippen LogP contribution in [0.3, 0.4) is 0 Å². The van der Waals surface area contributed by atoms with E-state index in [-0.39, 0.29) is 11.4 Å². The summed E-state index contributed by atoms with van der Waals surface area (Å²) in [6.07, 6.45) is 0. The summed E-state index contributed by atoms with van der Waals surface area (Å²) >= 11 is 1.07. The summed E-state index contributed by atoms with van der Waals surface area (Å²) in [5, 5.41) is 24.5. The third-order valence-corrected chi connectivity index (χ3v) is 3.43. The van der Waals surface area contributed by atoms with Crippen molar-refractivity contribution in [1.82, 2.24) is 9.78 Å². The molecule has 0 aliphatic carbocycles. The predicted octanol–water partition coefficient (Wildman–Crippen LogP) is 2.27. The first-order chi connectivity index (χ1) is 9.49. The second kappa shape index (κ2) is 5.74. The molecular weight excluding hydrogens is 282 g/mol. The lowest BCUT2D eigenvalue weighted by Crippen LogP contribution is -2.04. The molecule has 0 bridgehead atoms. The van der Waals surface area contributed by atoms with Crippen LogP contribution in [0.2, 0.25) is 0 Å². The van der Waals surface area contributed by atoms with Gasteiger partial charge in [0.05, 0.1) is 16.4 Å². The quantitative estimate of drug-likeness (QED) is 0.516. The number of aromatic nitrogens is 2. The van der Waals surface area contributed by atoms with Crippen LogP contribution in [-0.4, -0.2) is 31.5 Å². The Bertz CT molecular complexity index is 668. The molecule has 2 rings (SSSR count). The zero-order valence-corrected chi connectivity index (χ0v) is 11.3. The number of hydrogen-bond acceptors (Lipinski definition) is 5. The van der Waals surface area contributed by atoms with Crippen LogP contribution in [0.5, 0.6) is 0 Å². The van der Waals surface area contributed by atoms with Gasteiger partial charge in [0.1, 0.15) is 10.7 Å². The van der Waals surface area contributed by atoms with Gasteiger partial charge in [-0.3, -0.25) is 14.9 Å². The minimum atomic E-state index is -0.956. The third kappa shape index (κ3) is 2.97. The number of nitrogens with zero attached hydrogens (tertiary/aromatic N) is 3. The molecule has 8 heteroatoms. The second-order valence-electron chi connectivity index (χ2n) is 3.96. The molecule has 0 radical (unpaired) electrons. The normalized spacial score (nSPS) is 10.4. The third-order valence-electron chi connectivity index (χ3n) is 2.45. The van der Waals surface area contributed by atoms with Crippen LogP contribution in [0.1, 0.15) is 5.69 Å². The molecule has 0 aliphatic rings. The van der Waals surface area contributed by atoms with E-state index in [1.165, 1.54) is 10.7 Å². The molecule has 1 aromatic heterocycles. The number of aryl methyl sites for hydroxylation is 1. The van der Waals surface area contributed by atoms with Crippen LogP contribution in [0.4, 0.5) is 5.69 Å². The van der Waals surface area contributed by atoms with Crippen molar-refractivity contribution in [2.24, 2.45) is 0 Å². The van der Waals surface area contributed by atoms with Gasteiger partial charge in [-0.15, -0.1) is 0 Å².